The van der Waals surface area contributed by atoms with Crippen LogP contribution in [0.3, 0.4) is 0 Å². The van der Waals surface area contributed by atoms with Crippen molar-refractivity contribution in [2.45, 2.75) is 20.3 Å². The second-order valence-corrected chi connectivity index (χ2v) is 3.88. The predicted octanol–water partition coefficient (Wildman–Crippen LogP) is 2.63. The molecule has 3 nitrogen and oxygen atoms in total. The normalized spacial score (nSPS) is 10.3. The van der Waals surface area contributed by atoms with Gasteiger partial charge in [-0.2, -0.15) is 0 Å². The highest BCUT2D eigenvalue weighted by Gasteiger charge is 2.03. The maximum Gasteiger partial charge on any atom is 0.160 e. The van der Waals surface area contributed by atoms with Crippen molar-refractivity contribution in [2.75, 3.05) is 6.61 Å². The molecular weight excluding hydrogens is 192 g/mol. The SMILES string of the molecule is CC(C)CCOc1ccc(C=O)cc1O. The Morgan fingerprint density at radius 3 is 2.73 bits per heavy atom. The molecule has 15 heavy (non-hydrogen) atoms. The Labute approximate surface area is 89.7 Å². The molecule has 1 rings (SSSR count). The average molecular weight is 208 g/mol. The van der Waals surface area contributed by atoms with Crippen LogP contribution in [0.15, 0.2) is 18.2 Å². The minimum absolute atomic E-state index is 0.0170. The Hall–Kier alpha value is -1.51. The Balaban J connectivity index is 2.58. The first-order chi connectivity index (χ1) is 7.13. The molecule has 0 saturated heterocycles. The molecule has 0 unspecified atom stereocenters. The van der Waals surface area contributed by atoms with Crippen molar-refractivity contribution in [3.05, 3.63) is 23.8 Å². The number of phenols is 1. The van der Waals surface area contributed by atoms with E-state index in [2.05, 4.69) is 13.8 Å². The first-order valence-electron chi connectivity index (χ1n) is 5.04. The summed E-state index contributed by atoms with van der Waals surface area (Å²) < 4.78 is 5.38. The maximum absolute atomic E-state index is 10.4. The Kier molecular flexibility index (Phi) is 4.16. The molecule has 3 heteroatoms. The van der Waals surface area contributed by atoms with Crippen molar-refractivity contribution in [1.29, 1.82) is 0 Å². The maximum atomic E-state index is 10.4. The molecule has 0 aliphatic heterocycles. The number of aromatic hydroxyl groups is 1. The summed E-state index contributed by atoms with van der Waals surface area (Å²) in [7, 11) is 0. The van der Waals surface area contributed by atoms with Gasteiger partial charge < -0.3 is 9.84 Å². The summed E-state index contributed by atoms with van der Waals surface area (Å²) in [6, 6.07) is 4.63. The molecule has 0 aromatic heterocycles. The smallest absolute Gasteiger partial charge is 0.160 e. The fourth-order valence-corrected chi connectivity index (χ4v) is 1.13. The van der Waals surface area contributed by atoms with Crippen LogP contribution in [0.2, 0.25) is 0 Å². The lowest BCUT2D eigenvalue weighted by Gasteiger charge is -2.09. The first-order valence-corrected chi connectivity index (χ1v) is 5.04. The standard InChI is InChI=1S/C12H16O3/c1-9(2)5-6-15-12-4-3-10(8-13)7-11(12)14/h3-4,7-9,14H,5-6H2,1-2H3. The van der Waals surface area contributed by atoms with E-state index in [0.717, 1.165) is 6.42 Å². The lowest BCUT2D eigenvalue weighted by Crippen LogP contribution is -2.01. The zero-order chi connectivity index (χ0) is 11.3. The van der Waals surface area contributed by atoms with Crippen molar-refractivity contribution >= 4 is 6.29 Å². The minimum atomic E-state index is 0.0170. The van der Waals surface area contributed by atoms with E-state index in [1.165, 1.54) is 6.07 Å². The largest absolute Gasteiger partial charge is 0.504 e. The molecule has 82 valence electrons. The van der Waals surface area contributed by atoms with Crippen LogP contribution in [-0.2, 0) is 0 Å². The van der Waals surface area contributed by atoms with Crippen LogP contribution in [0.1, 0.15) is 30.6 Å². The fourth-order valence-electron chi connectivity index (χ4n) is 1.13. The second-order valence-electron chi connectivity index (χ2n) is 3.88. The third-order valence-electron chi connectivity index (χ3n) is 2.07. The summed E-state index contributed by atoms with van der Waals surface area (Å²) in [6.45, 7) is 4.79. The van der Waals surface area contributed by atoms with Crippen molar-refractivity contribution in [3.63, 3.8) is 0 Å². The lowest BCUT2D eigenvalue weighted by atomic mass is 10.1. The molecule has 0 bridgehead atoms. The highest BCUT2D eigenvalue weighted by Crippen LogP contribution is 2.26. The molecular formula is C12H16O3. The molecule has 1 N–H and O–H groups in total. The zero-order valence-electron chi connectivity index (χ0n) is 9.06. The quantitative estimate of drug-likeness (QED) is 0.756. The molecule has 0 amide bonds. The van der Waals surface area contributed by atoms with Crippen molar-refractivity contribution in [2.24, 2.45) is 5.92 Å². The topological polar surface area (TPSA) is 46.5 Å². The van der Waals surface area contributed by atoms with Gasteiger partial charge in [0.1, 0.15) is 6.29 Å². The number of ether oxygens (including phenoxy) is 1. The highest BCUT2D eigenvalue weighted by atomic mass is 16.5. The fraction of sp³-hybridized carbons (Fsp3) is 0.417. The summed E-state index contributed by atoms with van der Waals surface area (Å²) >= 11 is 0. The molecule has 0 saturated carbocycles. The van der Waals surface area contributed by atoms with E-state index in [1.54, 1.807) is 12.1 Å². The van der Waals surface area contributed by atoms with Crippen molar-refractivity contribution < 1.29 is 14.6 Å². The molecule has 0 fully saturated rings. The third kappa shape index (κ3) is 3.62. The van der Waals surface area contributed by atoms with Crippen LogP contribution < -0.4 is 4.74 Å². The summed E-state index contributed by atoms with van der Waals surface area (Å²) in [5, 5.41) is 9.50. The van der Waals surface area contributed by atoms with Crippen molar-refractivity contribution in [1.82, 2.24) is 0 Å². The number of hydrogen-bond donors (Lipinski definition) is 1. The minimum Gasteiger partial charge on any atom is -0.504 e. The van der Waals surface area contributed by atoms with Gasteiger partial charge in [-0.3, -0.25) is 4.79 Å². The van der Waals surface area contributed by atoms with Crippen LogP contribution in [0.25, 0.3) is 0 Å². The molecule has 1 aromatic carbocycles. The molecule has 0 radical (unpaired) electrons. The van der Waals surface area contributed by atoms with Gasteiger partial charge in [0.05, 0.1) is 6.61 Å². The number of benzene rings is 1. The van der Waals surface area contributed by atoms with Gasteiger partial charge in [0.15, 0.2) is 11.5 Å². The van der Waals surface area contributed by atoms with Crippen molar-refractivity contribution in [3.8, 4) is 11.5 Å². The number of carbonyl (C=O) groups excluding carboxylic acids is 1. The summed E-state index contributed by atoms with van der Waals surface area (Å²) in [6.07, 6.45) is 1.63. The van der Waals surface area contributed by atoms with E-state index in [1.807, 2.05) is 0 Å². The number of phenolic OH excluding ortho intramolecular Hbond substituents is 1. The molecule has 1 aromatic rings. The van der Waals surface area contributed by atoms with Crippen LogP contribution in [-0.4, -0.2) is 18.0 Å². The lowest BCUT2D eigenvalue weighted by molar-refractivity contribution is 0.112. The van der Waals surface area contributed by atoms with E-state index in [4.69, 9.17) is 4.74 Å². The first kappa shape index (κ1) is 11.6. The van der Waals surface area contributed by atoms with E-state index in [9.17, 15) is 9.90 Å². The van der Waals surface area contributed by atoms with Gasteiger partial charge in [-0.15, -0.1) is 0 Å². The van der Waals surface area contributed by atoms with Crippen LogP contribution in [0.5, 0.6) is 11.5 Å². The van der Waals surface area contributed by atoms with Crippen LogP contribution in [0.4, 0.5) is 0 Å². The molecule has 0 atom stereocenters. The third-order valence-corrected chi connectivity index (χ3v) is 2.07. The van der Waals surface area contributed by atoms with E-state index in [-0.39, 0.29) is 5.75 Å². The van der Waals surface area contributed by atoms with Crippen LogP contribution in [0, 0.1) is 5.92 Å². The van der Waals surface area contributed by atoms with Gasteiger partial charge in [0, 0.05) is 5.56 Å². The van der Waals surface area contributed by atoms with Gasteiger partial charge in [-0.1, -0.05) is 13.8 Å². The summed E-state index contributed by atoms with van der Waals surface area (Å²) in [5.74, 6) is 1.02. The van der Waals surface area contributed by atoms with Gasteiger partial charge in [-0.25, -0.2) is 0 Å². The Bertz CT molecular complexity index is 332. The monoisotopic (exact) mass is 208 g/mol. The summed E-state index contributed by atoms with van der Waals surface area (Å²) in [5.41, 5.74) is 0.448. The second kappa shape index (κ2) is 5.39. The van der Waals surface area contributed by atoms with Gasteiger partial charge in [0.25, 0.3) is 0 Å². The summed E-state index contributed by atoms with van der Waals surface area (Å²) in [4.78, 5) is 10.4. The Morgan fingerprint density at radius 2 is 2.20 bits per heavy atom. The van der Waals surface area contributed by atoms with Gasteiger partial charge in [0.2, 0.25) is 0 Å². The van der Waals surface area contributed by atoms with Crippen LogP contribution >= 0.6 is 0 Å². The Morgan fingerprint density at radius 1 is 1.47 bits per heavy atom. The molecule has 0 spiro atoms. The number of carbonyl (C=O) groups is 1. The van der Waals surface area contributed by atoms with Gasteiger partial charge >= 0.3 is 0 Å². The van der Waals surface area contributed by atoms with E-state index < -0.39 is 0 Å². The van der Waals surface area contributed by atoms with E-state index in [0.29, 0.717) is 30.1 Å². The highest BCUT2D eigenvalue weighted by molar-refractivity contribution is 5.76. The molecule has 0 aliphatic carbocycles. The average Bonchev–Trinajstić information content (AvgIpc) is 2.20. The number of hydrogen-bond acceptors (Lipinski definition) is 3. The molecule has 0 heterocycles. The predicted molar refractivity (Wildman–Crippen MR) is 58.4 cm³/mol. The van der Waals surface area contributed by atoms with E-state index >= 15 is 0 Å². The zero-order valence-corrected chi connectivity index (χ0v) is 9.06. The number of rotatable bonds is 5. The number of aldehydes is 1. The molecule has 0 aliphatic rings. The van der Waals surface area contributed by atoms with Gasteiger partial charge in [-0.05, 0) is 30.5 Å².